The highest BCUT2D eigenvalue weighted by atomic mass is 35.5. The van der Waals surface area contributed by atoms with Crippen LogP contribution < -0.4 is 5.73 Å². The topological polar surface area (TPSA) is 86.2 Å². The van der Waals surface area contributed by atoms with E-state index in [4.69, 9.17) is 22.1 Å². The van der Waals surface area contributed by atoms with Crippen LogP contribution in [0.3, 0.4) is 0 Å². The van der Waals surface area contributed by atoms with Crippen molar-refractivity contribution in [3.8, 4) is 11.1 Å². The fourth-order valence-electron chi connectivity index (χ4n) is 3.33. The molecule has 0 radical (unpaired) electrons. The number of hydrogen-bond donors (Lipinski definition) is 2. The van der Waals surface area contributed by atoms with E-state index in [1.807, 2.05) is 35.9 Å². The number of benzene rings is 1. The molecular weight excluding hydrogens is 340 g/mol. The number of nitrogens with zero attached hydrogens (tertiary/aromatic N) is 3. The lowest BCUT2D eigenvalue weighted by Crippen LogP contribution is -2.14. The third-order valence-corrected chi connectivity index (χ3v) is 5.13. The largest absolute Gasteiger partial charge is 0.394 e. The summed E-state index contributed by atoms with van der Waals surface area (Å²) in [4.78, 5) is 8.56. The first-order valence-electron chi connectivity index (χ1n) is 8.22. The van der Waals surface area contributed by atoms with Crippen LogP contribution in [0.25, 0.3) is 22.2 Å². The summed E-state index contributed by atoms with van der Waals surface area (Å²) >= 11 is 6.30. The summed E-state index contributed by atoms with van der Waals surface area (Å²) in [5.41, 5.74) is 9.77. The number of halogens is 1. The molecular formula is C18H19ClN4O2. The highest BCUT2D eigenvalue weighted by Gasteiger charge is 2.28. The quantitative estimate of drug-likeness (QED) is 0.750. The van der Waals surface area contributed by atoms with Gasteiger partial charge in [0.1, 0.15) is 24.0 Å². The van der Waals surface area contributed by atoms with Crippen molar-refractivity contribution in [3.05, 3.63) is 41.3 Å². The highest BCUT2D eigenvalue weighted by Crippen LogP contribution is 2.38. The molecule has 25 heavy (non-hydrogen) atoms. The van der Waals surface area contributed by atoms with Crippen LogP contribution in [-0.2, 0) is 4.74 Å². The Morgan fingerprint density at radius 3 is 2.92 bits per heavy atom. The van der Waals surface area contributed by atoms with Gasteiger partial charge in [0.2, 0.25) is 0 Å². The van der Waals surface area contributed by atoms with E-state index in [1.165, 1.54) is 6.33 Å². The Morgan fingerprint density at radius 1 is 1.36 bits per heavy atom. The molecule has 0 bridgehead atoms. The van der Waals surface area contributed by atoms with Gasteiger partial charge in [0.15, 0.2) is 0 Å². The van der Waals surface area contributed by atoms with E-state index in [0.29, 0.717) is 10.8 Å². The molecule has 4 rings (SSSR count). The number of hydrogen-bond acceptors (Lipinski definition) is 5. The molecule has 0 aliphatic carbocycles. The fraction of sp³-hybridized carbons (Fsp3) is 0.333. The molecule has 6 nitrogen and oxygen atoms in total. The van der Waals surface area contributed by atoms with Crippen molar-refractivity contribution >= 4 is 28.5 Å². The average Bonchev–Trinajstić information content (AvgIpc) is 3.22. The zero-order valence-corrected chi connectivity index (χ0v) is 14.6. The molecule has 2 aromatic heterocycles. The van der Waals surface area contributed by atoms with Gasteiger partial charge >= 0.3 is 0 Å². The van der Waals surface area contributed by atoms with Gasteiger partial charge in [-0.15, -0.1) is 0 Å². The summed E-state index contributed by atoms with van der Waals surface area (Å²) in [7, 11) is 0. The lowest BCUT2D eigenvalue weighted by molar-refractivity contribution is -0.0204. The summed E-state index contributed by atoms with van der Waals surface area (Å²) in [5, 5.41) is 10.8. The van der Waals surface area contributed by atoms with Gasteiger partial charge in [-0.1, -0.05) is 23.7 Å². The normalized spacial score (nSPS) is 20.4. The molecule has 3 N–H and O–H groups in total. The summed E-state index contributed by atoms with van der Waals surface area (Å²) < 4.78 is 7.90. The first-order chi connectivity index (χ1) is 12.1. The van der Waals surface area contributed by atoms with Gasteiger partial charge in [-0.05, 0) is 37.0 Å². The van der Waals surface area contributed by atoms with Crippen LogP contribution >= 0.6 is 11.6 Å². The lowest BCUT2D eigenvalue weighted by Gasteiger charge is -2.14. The van der Waals surface area contributed by atoms with Crippen molar-refractivity contribution < 1.29 is 9.84 Å². The molecule has 0 saturated carbocycles. The Morgan fingerprint density at radius 2 is 2.20 bits per heavy atom. The third kappa shape index (κ3) is 2.76. The van der Waals surface area contributed by atoms with Crippen LogP contribution in [0.15, 0.2) is 30.7 Å². The lowest BCUT2D eigenvalue weighted by atomic mass is 10.0. The maximum absolute atomic E-state index is 9.33. The van der Waals surface area contributed by atoms with Gasteiger partial charge in [-0.25, -0.2) is 9.97 Å². The SMILES string of the molecule is Cc1ccc(-c2cn(C3CCC(CO)O3)c3ncnc(N)c23)cc1Cl. The maximum Gasteiger partial charge on any atom is 0.148 e. The number of anilines is 1. The fourth-order valence-corrected chi connectivity index (χ4v) is 3.51. The van der Waals surface area contributed by atoms with Crippen LogP contribution in [0.4, 0.5) is 5.82 Å². The van der Waals surface area contributed by atoms with E-state index < -0.39 is 0 Å². The Bertz CT molecular complexity index is 940. The van der Waals surface area contributed by atoms with E-state index >= 15 is 0 Å². The highest BCUT2D eigenvalue weighted by molar-refractivity contribution is 6.31. The maximum atomic E-state index is 9.33. The first kappa shape index (κ1) is 16.3. The number of ether oxygens (including phenoxy) is 1. The molecule has 0 spiro atoms. The molecule has 1 aromatic carbocycles. The molecule has 0 amide bonds. The van der Waals surface area contributed by atoms with Gasteiger partial charge < -0.3 is 20.1 Å². The number of fused-ring (bicyclic) bond motifs is 1. The van der Waals surface area contributed by atoms with Gasteiger partial charge in [-0.2, -0.15) is 0 Å². The molecule has 3 heterocycles. The minimum absolute atomic E-state index is 0.0211. The van der Waals surface area contributed by atoms with E-state index in [-0.39, 0.29) is 18.9 Å². The van der Waals surface area contributed by atoms with E-state index in [1.54, 1.807) is 0 Å². The Balaban J connectivity index is 1.89. The summed E-state index contributed by atoms with van der Waals surface area (Å²) in [5.74, 6) is 0.423. The van der Waals surface area contributed by atoms with Crippen LogP contribution in [0.1, 0.15) is 24.6 Å². The minimum atomic E-state index is -0.177. The molecule has 130 valence electrons. The number of aliphatic hydroxyl groups is 1. The molecule has 1 fully saturated rings. The summed E-state index contributed by atoms with van der Waals surface area (Å²) in [6.07, 6.45) is 4.75. The van der Waals surface area contributed by atoms with Crippen molar-refractivity contribution in [2.24, 2.45) is 0 Å². The monoisotopic (exact) mass is 358 g/mol. The van der Waals surface area contributed by atoms with E-state index in [0.717, 1.165) is 40.6 Å². The molecule has 7 heteroatoms. The number of nitrogens with two attached hydrogens (primary N) is 1. The van der Waals surface area contributed by atoms with E-state index in [9.17, 15) is 5.11 Å². The van der Waals surface area contributed by atoms with Crippen molar-refractivity contribution in [1.82, 2.24) is 14.5 Å². The van der Waals surface area contributed by atoms with Gasteiger partial charge in [0, 0.05) is 16.8 Å². The van der Waals surface area contributed by atoms with Crippen LogP contribution in [-0.4, -0.2) is 32.4 Å². The van der Waals surface area contributed by atoms with Crippen molar-refractivity contribution in [3.63, 3.8) is 0 Å². The van der Waals surface area contributed by atoms with Crippen LogP contribution in [0, 0.1) is 6.92 Å². The number of aromatic nitrogens is 3. The van der Waals surface area contributed by atoms with Gasteiger partial charge in [0.05, 0.1) is 18.1 Å². The number of rotatable bonds is 3. The molecule has 2 unspecified atom stereocenters. The van der Waals surface area contributed by atoms with E-state index in [2.05, 4.69) is 9.97 Å². The molecule has 1 aliphatic rings. The predicted octanol–water partition coefficient (Wildman–Crippen LogP) is 3.31. The predicted molar refractivity (Wildman–Crippen MR) is 97.4 cm³/mol. The zero-order chi connectivity index (χ0) is 17.6. The Kier molecular flexibility index (Phi) is 4.11. The summed E-state index contributed by atoms with van der Waals surface area (Å²) in [6, 6.07) is 5.92. The number of nitrogen functional groups attached to an aromatic ring is 1. The Hall–Kier alpha value is -2.15. The zero-order valence-electron chi connectivity index (χ0n) is 13.8. The second-order valence-corrected chi connectivity index (χ2v) is 6.75. The van der Waals surface area contributed by atoms with Gasteiger partial charge in [-0.3, -0.25) is 0 Å². The second kappa shape index (κ2) is 6.29. The Labute approximate surface area is 150 Å². The molecule has 1 aliphatic heterocycles. The smallest absolute Gasteiger partial charge is 0.148 e. The van der Waals surface area contributed by atoms with Crippen molar-refractivity contribution in [2.75, 3.05) is 12.3 Å². The van der Waals surface area contributed by atoms with Crippen molar-refractivity contribution in [2.45, 2.75) is 32.1 Å². The van der Waals surface area contributed by atoms with Crippen LogP contribution in [0.2, 0.25) is 5.02 Å². The second-order valence-electron chi connectivity index (χ2n) is 6.34. The van der Waals surface area contributed by atoms with Crippen LogP contribution in [0.5, 0.6) is 0 Å². The van der Waals surface area contributed by atoms with Crippen molar-refractivity contribution in [1.29, 1.82) is 0 Å². The first-order valence-corrected chi connectivity index (χ1v) is 8.60. The molecule has 3 aromatic rings. The average molecular weight is 359 g/mol. The number of aryl methyl sites for hydroxylation is 1. The number of aliphatic hydroxyl groups excluding tert-OH is 1. The standard InChI is InChI=1S/C18H19ClN4O2/c1-10-2-3-11(6-14(10)19)13-7-23(15-5-4-12(8-24)25-15)18-16(13)17(20)21-9-22-18/h2-3,6-7,9,12,15,24H,4-5,8H2,1H3,(H2,20,21,22). The molecule has 2 atom stereocenters. The third-order valence-electron chi connectivity index (χ3n) is 4.72. The minimum Gasteiger partial charge on any atom is -0.394 e. The van der Waals surface area contributed by atoms with Gasteiger partial charge in [0.25, 0.3) is 0 Å². The molecule has 1 saturated heterocycles. The summed E-state index contributed by atoms with van der Waals surface area (Å²) in [6.45, 7) is 1.99.